The fourth-order valence-corrected chi connectivity index (χ4v) is 2.74. The SMILES string of the molecule is CC(C(=O)Nc1ccc2c(c1)OCCO2)N1CCN(C)CC1. The van der Waals surface area contributed by atoms with Gasteiger partial charge in [0.15, 0.2) is 11.5 Å². The molecule has 1 saturated heterocycles. The summed E-state index contributed by atoms with van der Waals surface area (Å²) in [6.45, 7) is 6.92. The molecule has 0 bridgehead atoms. The number of ether oxygens (including phenoxy) is 2. The average molecular weight is 305 g/mol. The second kappa shape index (κ2) is 6.54. The number of carbonyl (C=O) groups is 1. The minimum absolute atomic E-state index is 0.0150. The molecule has 0 radical (unpaired) electrons. The number of hydrogen-bond acceptors (Lipinski definition) is 5. The van der Waals surface area contributed by atoms with Crippen molar-refractivity contribution in [1.29, 1.82) is 0 Å². The first-order chi connectivity index (χ1) is 10.6. The third-order valence-corrected chi connectivity index (χ3v) is 4.27. The Morgan fingerprint density at radius 1 is 1.14 bits per heavy atom. The Morgan fingerprint density at radius 2 is 1.82 bits per heavy atom. The fourth-order valence-electron chi connectivity index (χ4n) is 2.74. The molecule has 0 aliphatic carbocycles. The van der Waals surface area contributed by atoms with Crippen molar-refractivity contribution in [2.24, 2.45) is 0 Å². The van der Waals surface area contributed by atoms with E-state index < -0.39 is 0 Å². The van der Waals surface area contributed by atoms with Gasteiger partial charge in [0.1, 0.15) is 13.2 Å². The highest BCUT2D eigenvalue weighted by Crippen LogP contribution is 2.32. The van der Waals surface area contributed by atoms with E-state index in [-0.39, 0.29) is 11.9 Å². The first-order valence-electron chi connectivity index (χ1n) is 7.76. The van der Waals surface area contributed by atoms with Crippen molar-refractivity contribution in [3.63, 3.8) is 0 Å². The lowest BCUT2D eigenvalue weighted by atomic mass is 10.2. The minimum atomic E-state index is -0.137. The maximum absolute atomic E-state index is 12.4. The van der Waals surface area contributed by atoms with Crippen LogP contribution in [-0.2, 0) is 4.79 Å². The van der Waals surface area contributed by atoms with Gasteiger partial charge in [-0.1, -0.05) is 0 Å². The predicted octanol–water partition coefficient (Wildman–Crippen LogP) is 1.03. The number of fused-ring (bicyclic) bond motifs is 1. The highest BCUT2D eigenvalue weighted by atomic mass is 16.6. The number of nitrogens with one attached hydrogen (secondary N) is 1. The number of anilines is 1. The number of piperazine rings is 1. The van der Waals surface area contributed by atoms with E-state index in [1.807, 2.05) is 25.1 Å². The summed E-state index contributed by atoms with van der Waals surface area (Å²) in [6, 6.07) is 5.37. The summed E-state index contributed by atoms with van der Waals surface area (Å²) in [6.07, 6.45) is 0. The smallest absolute Gasteiger partial charge is 0.241 e. The van der Waals surface area contributed by atoms with Crippen molar-refractivity contribution in [1.82, 2.24) is 9.80 Å². The lowest BCUT2D eigenvalue weighted by Crippen LogP contribution is -2.51. The van der Waals surface area contributed by atoms with Crippen LogP contribution >= 0.6 is 0 Å². The molecular weight excluding hydrogens is 282 g/mol. The number of likely N-dealkylation sites (N-methyl/N-ethyl adjacent to an activating group) is 1. The van der Waals surface area contributed by atoms with Crippen LogP contribution in [-0.4, -0.2) is 68.2 Å². The Hall–Kier alpha value is -1.79. The number of amides is 1. The van der Waals surface area contributed by atoms with Gasteiger partial charge in [0.2, 0.25) is 5.91 Å². The standard InChI is InChI=1S/C16H23N3O3/c1-12(19-7-5-18(2)6-8-19)16(20)17-13-3-4-14-15(11-13)22-10-9-21-14/h3-4,11-12H,5-10H2,1-2H3,(H,17,20). The van der Waals surface area contributed by atoms with Crippen molar-refractivity contribution >= 4 is 11.6 Å². The molecule has 6 nitrogen and oxygen atoms in total. The van der Waals surface area contributed by atoms with E-state index >= 15 is 0 Å². The molecule has 0 aromatic heterocycles. The number of benzene rings is 1. The molecule has 1 amide bonds. The Kier molecular flexibility index (Phi) is 4.49. The molecule has 1 fully saturated rings. The van der Waals surface area contributed by atoms with Gasteiger partial charge in [-0.15, -0.1) is 0 Å². The fraction of sp³-hybridized carbons (Fsp3) is 0.562. The van der Waals surface area contributed by atoms with Gasteiger partial charge >= 0.3 is 0 Å². The van der Waals surface area contributed by atoms with Gasteiger partial charge in [-0.2, -0.15) is 0 Å². The maximum Gasteiger partial charge on any atom is 0.241 e. The van der Waals surface area contributed by atoms with Crippen LogP contribution in [0.2, 0.25) is 0 Å². The van der Waals surface area contributed by atoms with Crippen LogP contribution in [0.3, 0.4) is 0 Å². The molecule has 2 heterocycles. The first-order valence-corrected chi connectivity index (χ1v) is 7.76. The molecule has 0 saturated carbocycles. The molecule has 1 atom stereocenters. The Morgan fingerprint density at radius 3 is 2.55 bits per heavy atom. The van der Waals surface area contributed by atoms with Gasteiger partial charge < -0.3 is 19.7 Å². The summed E-state index contributed by atoms with van der Waals surface area (Å²) in [7, 11) is 2.11. The van der Waals surface area contributed by atoms with E-state index in [0.29, 0.717) is 19.0 Å². The van der Waals surface area contributed by atoms with Crippen molar-refractivity contribution in [3.05, 3.63) is 18.2 Å². The predicted molar refractivity (Wildman–Crippen MR) is 84.6 cm³/mol. The van der Waals surface area contributed by atoms with E-state index in [4.69, 9.17) is 9.47 Å². The van der Waals surface area contributed by atoms with Crippen molar-refractivity contribution in [3.8, 4) is 11.5 Å². The third kappa shape index (κ3) is 3.34. The van der Waals surface area contributed by atoms with Crippen LogP contribution in [0.4, 0.5) is 5.69 Å². The molecule has 0 spiro atoms. The average Bonchev–Trinajstić information content (AvgIpc) is 2.55. The summed E-state index contributed by atoms with van der Waals surface area (Å²) < 4.78 is 11.0. The quantitative estimate of drug-likeness (QED) is 0.904. The van der Waals surface area contributed by atoms with Crippen LogP contribution in [0, 0.1) is 0 Å². The molecule has 1 unspecified atom stereocenters. The monoisotopic (exact) mass is 305 g/mol. The Labute approximate surface area is 131 Å². The van der Waals surface area contributed by atoms with E-state index in [9.17, 15) is 4.79 Å². The number of nitrogens with zero attached hydrogens (tertiary/aromatic N) is 2. The van der Waals surface area contributed by atoms with E-state index in [0.717, 1.165) is 37.6 Å². The third-order valence-electron chi connectivity index (χ3n) is 4.27. The van der Waals surface area contributed by atoms with Gasteiger partial charge in [-0.05, 0) is 26.1 Å². The lowest BCUT2D eigenvalue weighted by molar-refractivity contribution is -0.121. The molecule has 3 rings (SSSR count). The van der Waals surface area contributed by atoms with Crippen LogP contribution in [0.1, 0.15) is 6.92 Å². The normalized spacial score (nSPS) is 20.5. The molecular formula is C16H23N3O3. The maximum atomic E-state index is 12.4. The lowest BCUT2D eigenvalue weighted by Gasteiger charge is -2.35. The zero-order valence-electron chi connectivity index (χ0n) is 13.2. The topological polar surface area (TPSA) is 54.0 Å². The van der Waals surface area contributed by atoms with Crippen molar-refractivity contribution < 1.29 is 14.3 Å². The summed E-state index contributed by atoms with van der Waals surface area (Å²) >= 11 is 0. The second-order valence-electron chi connectivity index (χ2n) is 5.86. The van der Waals surface area contributed by atoms with Crippen LogP contribution in [0.5, 0.6) is 11.5 Å². The summed E-state index contributed by atoms with van der Waals surface area (Å²) in [5.41, 5.74) is 0.746. The van der Waals surface area contributed by atoms with Gasteiger partial charge in [0, 0.05) is 37.9 Å². The van der Waals surface area contributed by atoms with Gasteiger partial charge in [-0.25, -0.2) is 0 Å². The zero-order chi connectivity index (χ0) is 15.5. The van der Waals surface area contributed by atoms with Crippen LogP contribution < -0.4 is 14.8 Å². The molecule has 2 aliphatic rings. The minimum Gasteiger partial charge on any atom is -0.486 e. The van der Waals surface area contributed by atoms with Crippen molar-refractivity contribution in [2.75, 3.05) is 51.8 Å². The van der Waals surface area contributed by atoms with E-state index in [2.05, 4.69) is 22.2 Å². The molecule has 1 N–H and O–H groups in total. The van der Waals surface area contributed by atoms with Crippen LogP contribution in [0.15, 0.2) is 18.2 Å². The Bertz CT molecular complexity index is 541. The van der Waals surface area contributed by atoms with Crippen molar-refractivity contribution in [2.45, 2.75) is 13.0 Å². The van der Waals surface area contributed by atoms with Gasteiger partial charge in [0.05, 0.1) is 6.04 Å². The Balaban J connectivity index is 1.61. The largest absolute Gasteiger partial charge is 0.486 e. The second-order valence-corrected chi connectivity index (χ2v) is 5.86. The molecule has 22 heavy (non-hydrogen) atoms. The van der Waals surface area contributed by atoms with Crippen LogP contribution in [0.25, 0.3) is 0 Å². The number of hydrogen-bond donors (Lipinski definition) is 1. The molecule has 120 valence electrons. The highest BCUT2D eigenvalue weighted by molar-refractivity contribution is 5.94. The molecule has 1 aromatic carbocycles. The van der Waals surface area contributed by atoms with E-state index in [1.165, 1.54) is 0 Å². The number of carbonyl (C=O) groups excluding carboxylic acids is 1. The zero-order valence-corrected chi connectivity index (χ0v) is 13.2. The molecule has 1 aromatic rings. The van der Waals surface area contributed by atoms with E-state index in [1.54, 1.807) is 0 Å². The summed E-state index contributed by atoms with van der Waals surface area (Å²) in [5, 5.41) is 2.97. The van der Waals surface area contributed by atoms with Gasteiger partial charge in [-0.3, -0.25) is 9.69 Å². The molecule has 2 aliphatic heterocycles. The highest BCUT2D eigenvalue weighted by Gasteiger charge is 2.24. The molecule has 6 heteroatoms. The summed E-state index contributed by atoms with van der Waals surface area (Å²) in [5.74, 6) is 1.44. The first kappa shape index (κ1) is 15.1. The van der Waals surface area contributed by atoms with Gasteiger partial charge in [0.25, 0.3) is 0 Å². The number of rotatable bonds is 3. The summed E-state index contributed by atoms with van der Waals surface area (Å²) in [4.78, 5) is 16.9.